The van der Waals surface area contributed by atoms with Gasteiger partial charge in [0.2, 0.25) is 0 Å². The van der Waals surface area contributed by atoms with Gasteiger partial charge in [0, 0.05) is 23.1 Å². The molecule has 0 radical (unpaired) electrons. The van der Waals surface area contributed by atoms with Gasteiger partial charge in [-0.3, -0.25) is 0 Å². The van der Waals surface area contributed by atoms with E-state index in [-0.39, 0.29) is 17.9 Å². The Morgan fingerprint density at radius 3 is 2.70 bits per heavy atom. The highest BCUT2D eigenvalue weighted by molar-refractivity contribution is 9.10. The van der Waals surface area contributed by atoms with Crippen LogP contribution in [0.2, 0.25) is 0 Å². The highest BCUT2D eigenvalue weighted by Crippen LogP contribution is 2.45. The molecule has 0 aliphatic heterocycles. The van der Waals surface area contributed by atoms with Crippen molar-refractivity contribution < 1.29 is 14.3 Å². The Bertz CT molecular complexity index is 831. The summed E-state index contributed by atoms with van der Waals surface area (Å²) < 4.78 is 13.2. The molecular formula is C23H27BrO3. The number of fused-ring (bicyclic) bond motifs is 1. The Morgan fingerprint density at radius 2 is 2.04 bits per heavy atom. The van der Waals surface area contributed by atoms with Gasteiger partial charge in [-0.25, -0.2) is 0 Å². The van der Waals surface area contributed by atoms with Crippen LogP contribution in [0.15, 0.2) is 34.8 Å². The minimum absolute atomic E-state index is 0.0207. The summed E-state index contributed by atoms with van der Waals surface area (Å²) in [5.41, 5.74) is 6.03. The van der Waals surface area contributed by atoms with Crippen LogP contribution < -0.4 is 4.74 Å². The fourth-order valence-electron chi connectivity index (χ4n) is 4.21. The Kier molecular flexibility index (Phi) is 6.38. The van der Waals surface area contributed by atoms with Crippen LogP contribution in [0.3, 0.4) is 0 Å². The predicted molar refractivity (Wildman–Crippen MR) is 111 cm³/mol. The van der Waals surface area contributed by atoms with E-state index in [0.29, 0.717) is 6.61 Å². The number of hydrogen-bond acceptors (Lipinski definition) is 3. The van der Waals surface area contributed by atoms with Crippen molar-refractivity contribution in [3.8, 4) is 5.75 Å². The second kappa shape index (κ2) is 8.57. The number of aldehydes is 1. The van der Waals surface area contributed by atoms with Crippen molar-refractivity contribution in [3.05, 3.63) is 62.6 Å². The van der Waals surface area contributed by atoms with E-state index in [0.717, 1.165) is 40.5 Å². The molecule has 1 aliphatic carbocycles. The minimum Gasteiger partial charge on any atom is -0.489 e. The first-order chi connectivity index (χ1) is 13.0. The fraction of sp³-hybridized carbons (Fsp3) is 0.435. The van der Waals surface area contributed by atoms with Crippen molar-refractivity contribution in [1.29, 1.82) is 0 Å². The standard InChI is InChI=1S/C23H27BrO3/c1-14-11-21(27-13-17-7-5-6-8-20(17)24)16(3)22-18(14)9-10-19(15(2)12-25)23(22)26-4/h5-8,11-12,15,19,23H,9-10,13H2,1-4H3/t15?,19?,23-/m1/s1. The van der Waals surface area contributed by atoms with Crippen LogP contribution in [0.1, 0.15) is 47.3 Å². The maximum Gasteiger partial charge on any atom is 0.123 e. The number of methoxy groups -OCH3 is 1. The van der Waals surface area contributed by atoms with Gasteiger partial charge in [-0.1, -0.05) is 41.1 Å². The summed E-state index contributed by atoms with van der Waals surface area (Å²) in [7, 11) is 1.74. The van der Waals surface area contributed by atoms with Gasteiger partial charge in [-0.15, -0.1) is 0 Å². The summed E-state index contributed by atoms with van der Waals surface area (Å²) in [6.07, 6.45) is 2.94. The summed E-state index contributed by atoms with van der Waals surface area (Å²) in [5, 5.41) is 0. The molecule has 0 saturated heterocycles. The van der Waals surface area contributed by atoms with Gasteiger partial charge in [-0.2, -0.15) is 0 Å². The summed E-state index contributed by atoms with van der Waals surface area (Å²) in [6.45, 7) is 6.74. The molecule has 2 unspecified atom stereocenters. The molecule has 0 N–H and O–H groups in total. The average molecular weight is 431 g/mol. The average Bonchev–Trinajstić information content (AvgIpc) is 2.68. The molecule has 3 nitrogen and oxygen atoms in total. The van der Waals surface area contributed by atoms with E-state index in [1.807, 2.05) is 25.1 Å². The van der Waals surface area contributed by atoms with Crippen LogP contribution in [0, 0.1) is 25.7 Å². The third-order valence-electron chi connectivity index (χ3n) is 5.81. The topological polar surface area (TPSA) is 35.5 Å². The summed E-state index contributed by atoms with van der Waals surface area (Å²) >= 11 is 3.58. The molecule has 27 heavy (non-hydrogen) atoms. The molecular weight excluding hydrogens is 404 g/mol. The van der Waals surface area contributed by atoms with Gasteiger partial charge in [-0.05, 0) is 67.0 Å². The van der Waals surface area contributed by atoms with Crippen LogP contribution in [0.5, 0.6) is 5.75 Å². The Morgan fingerprint density at radius 1 is 1.30 bits per heavy atom. The van der Waals surface area contributed by atoms with E-state index in [1.54, 1.807) is 7.11 Å². The van der Waals surface area contributed by atoms with Gasteiger partial charge in [0.1, 0.15) is 18.6 Å². The maximum atomic E-state index is 11.4. The number of halogens is 1. The Balaban J connectivity index is 1.96. The molecule has 0 fully saturated rings. The molecule has 3 rings (SSSR count). The zero-order valence-corrected chi connectivity index (χ0v) is 18.0. The predicted octanol–water partition coefficient (Wildman–Crippen LogP) is 5.73. The van der Waals surface area contributed by atoms with E-state index >= 15 is 0 Å². The lowest BCUT2D eigenvalue weighted by atomic mass is 9.73. The minimum atomic E-state index is -0.0698. The quantitative estimate of drug-likeness (QED) is 0.548. The normalized spacial score (nSPS) is 20.0. The molecule has 144 valence electrons. The molecule has 0 heterocycles. The molecule has 0 spiro atoms. The maximum absolute atomic E-state index is 11.4. The van der Waals surface area contributed by atoms with E-state index in [4.69, 9.17) is 9.47 Å². The summed E-state index contributed by atoms with van der Waals surface area (Å²) in [4.78, 5) is 11.4. The van der Waals surface area contributed by atoms with Crippen LogP contribution in [0.4, 0.5) is 0 Å². The zero-order chi connectivity index (χ0) is 19.6. The smallest absolute Gasteiger partial charge is 0.123 e. The molecule has 1 aliphatic rings. The molecule has 2 aromatic carbocycles. The summed E-state index contributed by atoms with van der Waals surface area (Å²) in [5.74, 6) is 1.08. The van der Waals surface area contributed by atoms with E-state index in [1.165, 1.54) is 16.7 Å². The largest absolute Gasteiger partial charge is 0.489 e. The number of ether oxygens (including phenoxy) is 2. The van der Waals surface area contributed by atoms with Gasteiger partial charge in [0.25, 0.3) is 0 Å². The lowest BCUT2D eigenvalue weighted by Crippen LogP contribution is -2.29. The number of rotatable bonds is 6. The monoisotopic (exact) mass is 430 g/mol. The first-order valence-electron chi connectivity index (χ1n) is 9.45. The van der Waals surface area contributed by atoms with Gasteiger partial charge >= 0.3 is 0 Å². The molecule has 0 aromatic heterocycles. The third kappa shape index (κ3) is 3.97. The van der Waals surface area contributed by atoms with Gasteiger partial charge in [0.05, 0.1) is 6.10 Å². The zero-order valence-electron chi connectivity index (χ0n) is 16.4. The Labute approximate surface area is 170 Å². The first kappa shape index (κ1) is 20.1. The molecule has 4 heteroatoms. The second-order valence-electron chi connectivity index (χ2n) is 7.44. The van der Waals surface area contributed by atoms with Crippen molar-refractivity contribution in [1.82, 2.24) is 0 Å². The van der Waals surface area contributed by atoms with E-state index in [2.05, 4.69) is 41.9 Å². The van der Waals surface area contributed by atoms with Crippen LogP contribution in [0.25, 0.3) is 0 Å². The van der Waals surface area contributed by atoms with E-state index < -0.39 is 0 Å². The number of aryl methyl sites for hydroxylation is 1. The third-order valence-corrected chi connectivity index (χ3v) is 6.58. The highest BCUT2D eigenvalue weighted by atomic mass is 79.9. The van der Waals surface area contributed by atoms with Crippen molar-refractivity contribution in [2.45, 2.75) is 46.3 Å². The van der Waals surface area contributed by atoms with Crippen molar-refractivity contribution in [2.24, 2.45) is 11.8 Å². The highest BCUT2D eigenvalue weighted by Gasteiger charge is 2.35. The fourth-order valence-corrected chi connectivity index (χ4v) is 4.61. The number of benzene rings is 2. The van der Waals surface area contributed by atoms with Crippen LogP contribution in [-0.2, 0) is 22.6 Å². The number of hydrogen-bond donors (Lipinski definition) is 0. The molecule has 3 atom stereocenters. The van der Waals surface area contributed by atoms with E-state index in [9.17, 15) is 4.79 Å². The second-order valence-corrected chi connectivity index (χ2v) is 8.30. The number of carbonyl (C=O) groups is 1. The SMILES string of the molecule is CO[C@H]1c2c(C)c(OCc3ccccc3Br)cc(C)c2CCC1C(C)C=O. The molecule has 0 amide bonds. The van der Waals surface area contributed by atoms with Crippen molar-refractivity contribution in [2.75, 3.05) is 7.11 Å². The van der Waals surface area contributed by atoms with Gasteiger partial charge < -0.3 is 14.3 Å². The molecule has 0 bridgehead atoms. The van der Waals surface area contributed by atoms with Crippen molar-refractivity contribution in [3.63, 3.8) is 0 Å². The lowest BCUT2D eigenvalue weighted by molar-refractivity contribution is -0.114. The number of carbonyl (C=O) groups excluding carboxylic acids is 1. The van der Waals surface area contributed by atoms with Crippen molar-refractivity contribution >= 4 is 22.2 Å². The molecule has 0 saturated carbocycles. The van der Waals surface area contributed by atoms with Crippen LogP contribution in [-0.4, -0.2) is 13.4 Å². The Hall–Kier alpha value is -1.65. The van der Waals surface area contributed by atoms with Gasteiger partial charge in [0.15, 0.2) is 0 Å². The summed E-state index contributed by atoms with van der Waals surface area (Å²) in [6, 6.07) is 10.2. The first-order valence-corrected chi connectivity index (χ1v) is 10.2. The lowest BCUT2D eigenvalue weighted by Gasteiger charge is -2.37. The van der Waals surface area contributed by atoms with Crippen LogP contribution >= 0.6 is 15.9 Å². The molecule has 2 aromatic rings.